The van der Waals surface area contributed by atoms with E-state index in [2.05, 4.69) is 22.4 Å². The van der Waals surface area contributed by atoms with Gasteiger partial charge in [0.2, 0.25) is 5.91 Å². The number of allylic oxidation sites excluding steroid dienone is 1. The van der Waals surface area contributed by atoms with Crippen LogP contribution in [0.25, 0.3) is 5.57 Å². The Morgan fingerprint density at radius 2 is 1.61 bits per heavy atom. The number of ketones is 2. The molecule has 2 aromatic heterocycles. The number of benzene rings is 2. The van der Waals surface area contributed by atoms with E-state index in [1.165, 1.54) is 22.7 Å². The van der Waals surface area contributed by atoms with Crippen molar-refractivity contribution in [1.29, 1.82) is 0 Å². The fourth-order valence-corrected chi connectivity index (χ4v) is 8.08. The lowest BCUT2D eigenvalue weighted by Crippen LogP contribution is -2.51. The summed E-state index contributed by atoms with van der Waals surface area (Å²) in [5.41, 5.74) is 4.26. The van der Waals surface area contributed by atoms with Gasteiger partial charge in [-0.25, -0.2) is 0 Å². The number of nitrogens with one attached hydrogen (secondary N) is 1. The number of carbonyl (C=O) groups excluding carboxylic acids is 3. The number of anilines is 2. The number of amides is 1. The number of Topliss-reactive ketones (excluding diaryl/α,β-unsaturated/α-hetero) is 2. The molecule has 4 atom stereocenters. The van der Waals surface area contributed by atoms with Crippen molar-refractivity contribution in [2.75, 3.05) is 10.2 Å². The van der Waals surface area contributed by atoms with Crippen LogP contribution in [-0.4, -0.2) is 29.6 Å². The lowest BCUT2D eigenvalue weighted by atomic mass is 9.64. The first kappa shape index (κ1) is 23.3. The maximum Gasteiger partial charge on any atom is 0.238 e. The minimum Gasteiger partial charge on any atom is -0.352 e. The van der Waals surface area contributed by atoms with Gasteiger partial charge in [0.05, 0.1) is 21.7 Å². The number of fused-ring (bicyclic) bond motifs is 6. The second kappa shape index (κ2) is 8.35. The Balaban J connectivity index is 1.57. The zero-order valence-electron chi connectivity index (χ0n) is 20.8. The molecule has 5 heterocycles. The van der Waals surface area contributed by atoms with Crippen LogP contribution in [0.15, 0.2) is 83.6 Å². The number of carbonyl (C=O) groups is 3. The molecule has 1 fully saturated rings. The Kier molecular flexibility index (Phi) is 5.12. The van der Waals surface area contributed by atoms with Crippen LogP contribution in [0.5, 0.6) is 0 Å². The van der Waals surface area contributed by atoms with Crippen LogP contribution in [0.1, 0.15) is 43.0 Å². The molecule has 1 amide bonds. The Morgan fingerprint density at radius 1 is 0.895 bits per heavy atom. The highest BCUT2D eigenvalue weighted by atomic mass is 32.1. The van der Waals surface area contributed by atoms with Gasteiger partial charge in [-0.15, -0.1) is 22.7 Å². The van der Waals surface area contributed by atoms with E-state index >= 15 is 0 Å². The summed E-state index contributed by atoms with van der Waals surface area (Å²) < 4.78 is 0. The highest BCUT2D eigenvalue weighted by molar-refractivity contribution is 7.12. The van der Waals surface area contributed by atoms with Crippen LogP contribution in [-0.2, 0) is 10.2 Å². The van der Waals surface area contributed by atoms with Gasteiger partial charge in [0.15, 0.2) is 11.6 Å². The molecule has 3 aliphatic heterocycles. The lowest BCUT2D eigenvalue weighted by Gasteiger charge is -2.39. The number of hydrogen-bond donors (Lipinski definition) is 1. The summed E-state index contributed by atoms with van der Waals surface area (Å²) in [6.07, 6.45) is 2.10. The largest absolute Gasteiger partial charge is 0.352 e. The number of thiophene rings is 2. The van der Waals surface area contributed by atoms with Crippen LogP contribution < -0.4 is 10.2 Å². The Labute approximate surface area is 228 Å². The van der Waals surface area contributed by atoms with E-state index in [9.17, 15) is 14.4 Å². The van der Waals surface area contributed by atoms with Crippen molar-refractivity contribution in [2.24, 2.45) is 5.92 Å². The van der Waals surface area contributed by atoms with Crippen molar-refractivity contribution in [1.82, 2.24) is 0 Å². The molecule has 1 spiro atoms. The van der Waals surface area contributed by atoms with E-state index in [1.54, 1.807) is 6.07 Å². The molecule has 0 saturated carbocycles. The van der Waals surface area contributed by atoms with Gasteiger partial charge in [-0.2, -0.15) is 0 Å². The Morgan fingerprint density at radius 3 is 2.32 bits per heavy atom. The Bertz CT molecular complexity index is 1650. The zero-order valence-corrected chi connectivity index (χ0v) is 22.4. The third-order valence-corrected chi connectivity index (χ3v) is 9.98. The topological polar surface area (TPSA) is 66.5 Å². The normalized spacial score (nSPS) is 25.0. The Hall–Kier alpha value is -3.81. The molecule has 0 bridgehead atoms. The van der Waals surface area contributed by atoms with Crippen LogP contribution >= 0.6 is 22.7 Å². The van der Waals surface area contributed by atoms with E-state index in [4.69, 9.17) is 0 Å². The van der Waals surface area contributed by atoms with Gasteiger partial charge in [-0.1, -0.05) is 48.0 Å². The second-order valence-corrected chi connectivity index (χ2v) is 12.1. The van der Waals surface area contributed by atoms with Crippen molar-refractivity contribution in [3.05, 3.63) is 110 Å². The smallest absolute Gasteiger partial charge is 0.238 e. The van der Waals surface area contributed by atoms with Gasteiger partial charge in [0.25, 0.3) is 0 Å². The molecule has 4 aromatic rings. The predicted molar refractivity (Wildman–Crippen MR) is 152 cm³/mol. The SMILES string of the molecule is CC1=C[C@@H]2N(c3ccc(C)cc31)[C@H](C(=O)c1cccs1)[C@@H](C(=O)c1cccs1)[C@@]21C(=O)Nc2ccccc21. The van der Waals surface area contributed by atoms with Crippen molar-refractivity contribution in [3.63, 3.8) is 0 Å². The van der Waals surface area contributed by atoms with Gasteiger partial charge >= 0.3 is 0 Å². The van der Waals surface area contributed by atoms with Gasteiger partial charge in [-0.05, 0) is 66.1 Å². The first-order valence-corrected chi connectivity index (χ1v) is 14.3. The number of hydrogen-bond acceptors (Lipinski definition) is 6. The average Bonchev–Trinajstić information content (AvgIpc) is 3.71. The molecule has 188 valence electrons. The van der Waals surface area contributed by atoms with E-state index in [0.29, 0.717) is 15.4 Å². The van der Waals surface area contributed by atoms with Crippen molar-refractivity contribution in [3.8, 4) is 0 Å². The first-order valence-electron chi connectivity index (χ1n) is 12.6. The standard InChI is InChI=1S/C31H24N2O3S2/c1-17-11-12-22-19(15-17)18(2)16-25-31(20-7-3-4-8-21(20)32-30(31)36)26(28(34)23-9-5-13-37-23)27(33(22)25)29(35)24-10-6-14-38-24/h3-16,25-27H,1-2H3,(H,32,36)/t25-,26-,27-,31-/m0/s1. The van der Waals surface area contributed by atoms with E-state index in [0.717, 1.165) is 28.0 Å². The summed E-state index contributed by atoms with van der Waals surface area (Å²) in [6.45, 7) is 4.09. The quantitative estimate of drug-likeness (QED) is 0.308. The van der Waals surface area contributed by atoms with Gasteiger partial charge < -0.3 is 10.2 Å². The molecule has 0 radical (unpaired) electrons. The van der Waals surface area contributed by atoms with Crippen molar-refractivity contribution >= 4 is 57.1 Å². The van der Waals surface area contributed by atoms with Gasteiger partial charge in [0, 0.05) is 16.9 Å². The molecule has 2 aromatic carbocycles. The van der Waals surface area contributed by atoms with Crippen LogP contribution in [0.3, 0.4) is 0 Å². The molecule has 1 N–H and O–H groups in total. The molecule has 0 aliphatic carbocycles. The molecule has 3 aliphatic rings. The predicted octanol–water partition coefficient (Wildman–Crippen LogP) is 6.36. The van der Waals surface area contributed by atoms with Crippen LogP contribution in [0.2, 0.25) is 0 Å². The molecule has 7 rings (SSSR count). The molecule has 0 unspecified atom stereocenters. The number of nitrogens with zero attached hydrogens (tertiary/aromatic N) is 1. The minimum atomic E-state index is -1.26. The summed E-state index contributed by atoms with van der Waals surface area (Å²) in [5.74, 6) is -1.45. The number of para-hydroxylation sites is 1. The molecule has 7 heteroatoms. The first-order chi connectivity index (χ1) is 18.4. The monoisotopic (exact) mass is 536 g/mol. The number of rotatable bonds is 4. The summed E-state index contributed by atoms with van der Waals surface area (Å²) >= 11 is 2.72. The van der Waals surface area contributed by atoms with E-state index in [1.807, 2.05) is 79.2 Å². The fraction of sp³-hybridized carbons (Fsp3) is 0.194. The molecule has 5 nitrogen and oxygen atoms in total. The molecular weight excluding hydrogens is 512 g/mol. The highest BCUT2D eigenvalue weighted by Crippen LogP contribution is 2.59. The van der Waals surface area contributed by atoms with Gasteiger partial charge in [-0.3, -0.25) is 14.4 Å². The average molecular weight is 537 g/mol. The summed E-state index contributed by atoms with van der Waals surface area (Å²) in [7, 11) is 0. The molecular formula is C31H24N2O3S2. The summed E-state index contributed by atoms with van der Waals surface area (Å²) in [6, 6.07) is 19.7. The van der Waals surface area contributed by atoms with Gasteiger partial charge in [0.1, 0.15) is 11.5 Å². The maximum atomic E-state index is 14.5. The molecule has 38 heavy (non-hydrogen) atoms. The summed E-state index contributed by atoms with van der Waals surface area (Å²) in [5, 5.41) is 6.82. The minimum absolute atomic E-state index is 0.131. The lowest BCUT2D eigenvalue weighted by molar-refractivity contribution is -0.121. The highest BCUT2D eigenvalue weighted by Gasteiger charge is 2.70. The van der Waals surface area contributed by atoms with E-state index in [-0.39, 0.29) is 17.5 Å². The fourth-order valence-electron chi connectivity index (χ4n) is 6.68. The number of aryl methyl sites for hydroxylation is 1. The zero-order chi connectivity index (χ0) is 26.2. The van der Waals surface area contributed by atoms with E-state index < -0.39 is 23.4 Å². The summed E-state index contributed by atoms with van der Waals surface area (Å²) in [4.78, 5) is 46.5. The maximum absolute atomic E-state index is 14.5. The van der Waals surface area contributed by atoms with Crippen molar-refractivity contribution in [2.45, 2.75) is 31.3 Å². The van der Waals surface area contributed by atoms with Crippen LogP contribution in [0.4, 0.5) is 11.4 Å². The van der Waals surface area contributed by atoms with Crippen LogP contribution in [0, 0.1) is 12.8 Å². The van der Waals surface area contributed by atoms with Crippen molar-refractivity contribution < 1.29 is 14.4 Å². The third kappa shape index (κ3) is 3.00. The third-order valence-electron chi connectivity index (χ3n) is 8.21. The molecule has 1 saturated heterocycles. The second-order valence-electron chi connectivity index (χ2n) is 10.2.